The molecular formula is C13H13BrN2O2S. The van der Waals surface area contributed by atoms with Gasteiger partial charge in [0.05, 0.1) is 10.6 Å². The van der Waals surface area contributed by atoms with Crippen LogP contribution in [0.25, 0.3) is 0 Å². The van der Waals surface area contributed by atoms with Gasteiger partial charge in [-0.15, -0.1) is 0 Å². The van der Waals surface area contributed by atoms with Gasteiger partial charge >= 0.3 is 0 Å². The van der Waals surface area contributed by atoms with E-state index in [9.17, 15) is 8.42 Å². The molecule has 0 bridgehead atoms. The summed E-state index contributed by atoms with van der Waals surface area (Å²) >= 11 is 3.28. The fourth-order valence-electron chi connectivity index (χ4n) is 1.60. The molecule has 0 saturated carbocycles. The first-order chi connectivity index (χ1) is 8.88. The second-order valence-corrected chi connectivity index (χ2v) is 6.70. The van der Waals surface area contributed by atoms with Crippen LogP contribution >= 0.6 is 15.9 Å². The topological polar surface area (TPSA) is 72.2 Å². The first-order valence-electron chi connectivity index (χ1n) is 5.53. The SMILES string of the molecule is Cc1cccc(S(=O)(=O)Nc2ccc(N)cc2Br)c1. The number of hydrogen-bond donors (Lipinski definition) is 2. The zero-order valence-corrected chi connectivity index (χ0v) is 12.6. The van der Waals surface area contributed by atoms with Crippen molar-refractivity contribution in [2.45, 2.75) is 11.8 Å². The molecule has 19 heavy (non-hydrogen) atoms. The number of anilines is 2. The fourth-order valence-corrected chi connectivity index (χ4v) is 3.41. The van der Waals surface area contributed by atoms with Crippen LogP contribution in [0.4, 0.5) is 11.4 Å². The molecular weight excluding hydrogens is 328 g/mol. The Bertz CT molecular complexity index is 714. The highest BCUT2D eigenvalue weighted by molar-refractivity contribution is 9.10. The average Bonchev–Trinajstić information content (AvgIpc) is 2.33. The Hall–Kier alpha value is -1.53. The number of halogens is 1. The summed E-state index contributed by atoms with van der Waals surface area (Å²) in [6.45, 7) is 1.85. The van der Waals surface area contributed by atoms with Gasteiger partial charge in [0.15, 0.2) is 0 Å². The third kappa shape index (κ3) is 3.27. The van der Waals surface area contributed by atoms with Crippen LogP contribution in [0.5, 0.6) is 0 Å². The lowest BCUT2D eigenvalue weighted by Gasteiger charge is -2.10. The molecule has 0 aliphatic rings. The van der Waals surface area contributed by atoms with Gasteiger partial charge in [0.1, 0.15) is 0 Å². The van der Waals surface area contributed by atoms with Gasteiger partial charge < -0.3 is 5.73 Å². The van der Waals surface area contributed by atoms with Crippen molar-refractivity contribution < 1.29 is 8.42 Å². The number of nitrogen functional groups attached to an aromatic ring is 1. The maximum atomic E-state index is 12.2. The van der Waals surface area contributed by atoms with E-state index in [1.54, 1.807) is 36.4 Å². The smallest absolute Gasteiger partial charge is 0.261 e. The molecule has 0 heterocycles. The molecule has 0 spiro atoms. The average molecular weight is 341 g/mol. The van der Waals surface area contributed by atoms with Gasteiger partial charge in [-0.3, -0.25) is 4.72 Å². The van der Waals surface area contributed by atoms with Crippen LogP contribution in [-0.4, -0.2) is 8.42 Å². The predicted molar refractivity (Wildman–Crippen MR) is 80.5 cm³/mol. The Kier molecular flexibility index (Phi) is 3.82. The Balaban J connectivity index is 2.36. The largest absolute Gasteiger partial charge is 0.399 e. The molecule has 0 aliphatic carbocycles. The molecule has 0 saturated heterocycles. The van der Waals surface area contributed by atoms with Gasteiger partial charge in [-0.05, 0) is 58.7 Å². The van der Waals surface area contributed by atoms with E-state index < -0.39 is 10.0 Å². The highest BCUT2D eigenvalue weighted by Crippen LogP contribution is 2.27. The van der Waals surface area contributed by atoms with E-state index in [2.05, 4.69) is 20.7 Å². The third-order valence-electron chi connectivity index (χ3n) is 2.54. The molecule has 2 aromatic rings. The van der Waals surface area contributed by atoms with Gasteiger partial charge in [-0.1, -0.05) is 12.1 Å². The minimum Gasteiger partial charge on any atom is -0.399 e. The quantitative estimate of drug-likeness (QED) is 0.843. The van der Waals surface area contributed by atoms with Crippen molar-refractivity contribution in [1.29, 1.82) is 0 Å². The maximum absolute atomic E-state index is 12.2. The third-order valence-corrected chi connectivity index (χ3v) is 4.56. The van der Waals surface area contributed by atoms with E-state index >= 15 is 0 Å². The zero-order chi connectivity index (χ0) is 14.0. The number of hydrogen-bond acceptors (Lipinski definition) is 3. The predicted octanol–water partition coefficient (Wildman–Crippen LogP) is 3.14. The molecule has 2 aromatic carbocycles. The number of rotatable bonds is 3. The van der Waals surface area contributed by atoms with Crippen LogP contribution in [-0.2, 0) is 10.0 Å². The second-order valence-electron chi connectivity index (χ2n) is 4.16. The van der Waals surface area contributed by atoms with Crippen LogP contribution in [0.15, 0.2) is 51.8 Å². The molecule has 100 valence electrons. The summed E-state index contributed by atoms with van der Waals surface area (Å²) in [7, 11) is -3.59. The number of nitrogens with two attached hydrogens (primary N) is 1. The van der Waals surface area contributed by atoms with Gasteiger partial charge in [-0.2, -0.15) is 0 Å². The number of benzene rings is 2. The summed E-state index contributed by atoms with van der Waals surface area (Å²) in [4.78, 5) is 0.233. The lowest BCUT2D eigenvalue weighted by Crippen LogP contribution is -2.13. The Morgan fingerprint density at radius 3 is 2.53 bits per heavy atom. The van der Waals surface area contributed by atoms with E-state index in [1.807, 2.05) is 13.0 Å². The van der Waals surface area contributed by atoms with E-state index in [1.165, 1.54) is 0 Å². The lowest BCUT2D eigenvalue weighted by molar-refractivity contribution is 0.601. The molecule has 0 radical (unpaired) electrons. The number of aryl methyl sites for hydroxylation is 1. The molecule has 0 amide bonds. The van der Waals surface area contributed by atoms with Crippen molar-refractivity contribution in [1.82, 2.24) is 0 Å². The summed E-state index contributed by atoms with van der Waals surface area (Å²) < 4.78 is 27.6. The first kappa shape index (κ1) is 13.9. The molecule has 0 atom stereocenters. The second kappa shape index (κ2) is 5.22. The van der Waals surface area contributed by atoms with E-state index in [0.29, 0.717) is 15.8 Å². The summed E-state index contributed by atoms with van der Waals surface area (Å²) in [5, 5.41) is 0. The summed E-state index contributed by atoms with van der Waals surface area (Å²) in [5.74, 6) is 0. The Morgan fingerprint density at radius 2 is 1.89 bits per heavy atom. The van der Waals surface area contributed by atoms with E-state index in [0.717, 1.165) is 5.56 Å². The molecule has 0 aromatic heterocycles. The normalized spacial score (nSPS) is 11.3. The minimum atomic E-state index is -3.59. The van der Waals surface area contributed by atoms with Crippen molar-refractivity contribution in [2.24, 2.45) is 0 Å². The standard InChI is InChI=1S/C13H13BrN2O2S/c1-9-3-2-4-11(7-9)19(17,18)16-13-6-5-10(15)8-12(13)14/h2-8,16H,15H2,1H3. The number of nitrogens with one attached hydrogen (secondary N) is 1. The highest BCUT2D eigenvalue weighted by atomic mass is 79.9. The van der Waals surface area contributed by atoms with Crippen molar-refractivity contribution in [3.05, 3.63) is 52.5 Å². The summed E-state index contributed by atoms with van der Waals surface area (Å²) in [6.07, 6.45) is 0. The zero-order valence-electron chi connectivity index (χ0n) is 10.2. The Morgan fingerprint density at radius 1 is 1.16 bits per heavy atom. The molecule has 3 N–H and O–H groups in total. The van der Waals surface area contributed by atoms with Crippen LogP contribution in [0, 0.1) is 6.92 Å². The van der Waals surface area contributed by atoms with Crippen LogP contribution < -0.4 is 10.5 Å². The van der Waals surface area contributed by atoms with Crippen molar-refractivity contribution in [3.63, 3.8) is 0 Å². The molecule has 0 fully saturated rings. The highest BCUT2D eigenvalue weighted by Gasteiger charge is 2.15. The molecule has 0 aliphatic heterocycles. The van der Waals surface area contributed by atoms with Gasteiger partial charge in [0.25, 0.3) is 10.0 Å². The van der Waals surface area contributed by atoms with Crippen molar-refractivity contribution >= 4 is 37.3 Å². The van der Waals surface area contributed by atoms with E-state index in [-0.39, 0.29) is 4.90 Å². The van der Waals surface area contributed by atoms with Crippen molar-refractivity contribution in [2.75, 3.05) is 10.5 Å². The molecule has 6 heteroatoms. The summed E-state index contributed by atoms with van der Waals surface area (Å²) in [5.41, 5.74) is 7.52. The summed E-state index contributed by atoms with van der Waals surface area (Å²) in [6, 6.07) is 11.6. The van der Waals surface area contributed by atoms with Crippen LogP contribution in [0.1, 0.15) is 5.56 Å². The van der Waals surface area contributed by atoms with Crippen molar-refractivity contribution in [3.8, 4) is 0 Å². The van der Waals surface area contributed by atoms with Crippen LogP contribution in [0.3, 0.4) is 0 Å². The molecule has 4 nitrogen and oxygen atoms in total. The molecule has 2 rings (SSSR count). The van der Waals surface area contributed by atoms with Gasteiger partial charge in [0.2, 0.25) is 0 Å². The van der Waals surface area contributed by atoms with Gasteiger partial charge in [0, 0.05) is 10.2 Å². The fraction of sp³-hybridized carbons (Fsp3) is 0.0769. The van der Waals surface area contributed by atoms with Crippen LogP contribution in [0.2, 0.25) is 0 Å². The first-order valence-corrected chi connectivity index (χ1v) is 7.80. The molecule has 0 unspecified atom stereocenters. The monoisotopic (exact) mass is 340 g/mol. The number of sulfonamides is 1. The van der Waals surface area contributed by atoms with Gasteiger partial charge in [-0.25, -0.2) is 8.42 Å². The maximum Gasteiger partial charge on any atom is 0.261 e. The Labute approximate surface area is 120 Å². The lowest BCUT2D eigenvalue weighted by atomic mass is 10.2. The van der Waals surface area contributed by atoms with E-state index in [4.69, 9.17) is 5.73 Å². The minimum absolute atomic E-state index is 0.233.